The lowest BCUT2D eigenvalue weighted by Gasteiger charge is -2.20. The third kappa shape index (κ3) is 6.42. The molecule has 0 unspecified atom stereocenters. The SMILES string of the molecule is CCN(CC)S(=O)(=O)c1ccc(CCNC(=O)C(=O)NC(C)(C)C)cc1. The Morgan fingerprint density at radius 2 is 1.54 bits per heavy atom. The third-order valence-corrected chi connectivity index (χ3v) is 5.72. The minimum Gasteiger partial charge on any atom is -0.348 e. The van der Waals surface area contributed by atoms with Gasteiger partial charge >= 0.3 is 11.8 Å². The highest BCUT2D eigenvalue weighted by Gasteiger charge is 2.21. The van der Waals surface area contributed by atoms with Crippen molar-refractivity contribution in [3.05, 3.63) is 29.8 Å². The van der Waals surface area contributed by atoms with E-state index >= 15 is 0 Å². The molecule has 0 radical (unpaired) electrons. The van der Waals surface area contributed by atoms with Crippen LogP contribution in [0.25, 0.3) is 0 Å². The van der Waals surface area contributed by atoms with E-state index in [0.717, 1.165) is 5.56 Å². The van der Waals surface area contributed by atoms with Gasteiger partial charge in [0.15, 0.2) is 0 Å². The van der Waals surface area contributed by atoms with E-state index in [1.54, 1.807) is 58.9 Å². The van der Waals surface area contributed by atoms with E-state index in [1.807, 2.05) is 0 Å². The number of rotatable bonds is 7. The van der Waals surface area contributed by atoms with Crippen LogP contribution in [0.1, 0.15) is 40.2 Å². The zero-order valence-electron chi connectivity index (χ0n) is 16.1. The van der Waals surface area contributed by atoms with E-state index in [2.05, 4.69) is 10.6 Å². The minimum absolute atomic E-state index is 0.249. The van der Waals surface area contributed by atoms with E-state index in [-0.39, 0.29) is 4.90 Å². The number of benzene rings is 1. The molecule has 0 aliphatic rings. The summed E-state index contributed by atoms with van der Waals surface area (Å²) in [6.07, 6.45) is 0.500. The second kappa shape index (κ2) is 9.14. The van der Waals surface area contributed by atoms with Crippen LogP contribution in [0.2, 0.25) is 0 Å². The molecule has 0 fully saturated rings. The van der Waals surface area contributed by atoms with Crippen molar-refractivity contribution >= 4 is 21.8 Å². The van der Waals surface area contributed by atoms with Crippen molar-refractivity contribution in [2.45, 2.75) is 51.5 Å². The molecule has 0 spiro atoms. The maximum Gasteiger partial charge on any atom is 0.309 e. The Bertz CT molecular complexity index is 718. The lowest BCUT2D eigenvalue weighted by molar-refractivity contribution is -0.140. The molecule has 26 heavy (non-hydrogen) atoms. The summed E-state index contributed by atoms with van der Waals surface area (Å²) < 4.78 is 26.2. The van der Waals surface area contributed by atoms with Gasteiger partial charge in [-0.2, -0.15) is 4.31 Å². The Kier molecular flexibility index (Phi) is 7.77. The van der Waals surface area contributed by atoms with Crippen LogP contribution in [0, 0.1) is 0 Å². The van der Waals surface area contributed by atoms with Crippen LogP contribution in [0.15, 0.2) is 29.2 Å². The normalized spacial score (nSPS) is 12.1. The number of hydrogen-bond acceptors (Lipinski definition) is 4. The van der Waals surface area contributed by atoms with Gasteiger partial charge in [-0.3, -0.25) is 9.59 Å². The molecule has 0 heterocycles. The van der Waals surface area contributed by atoms with Crippen molar-refractivity contribution in [2.24, 2.45) is 0 Å². The fourth-order valence-corrected chi connectivity index (χ4v) is 3.80. The van der Waals surface area contributed by atoms with Gasteiger partial charge in [0.25, 0.3) is 0 Å². The van der Waals surface area contributed by atoms with Crippen LogP contribution in [-0.4, -0.2) is 49.7 Å². The predicted octanol–water partition coefficient (Wildman–Crippen LogP) is 1.29. The monoisotopic (exact) mass is 383 g/mol. The highest BCUT2D eigenvalue weighted by molar-refractivity contribution is 7.89. The molecular formula is C18H29N3O4S. The average Bonchev–Trinajstić information content (AvgIpc) is 2.54. The fourth-order valence-electron chi connectivity index (χ4n) is 2.34. The molecule has 7 nitrogen and oxygen atoms in total. The van der Waals surface area contributed by atoms with Crippen molar-refractivity contribution < 1.29 is 18.0 Å². The number of carbonyl (C=O) groups excluding carboxylic acids is 2. The van der Waals surface area contributed by atoms with Gasteiger partial charge in [-0.1, -0.05) is 26.0 Å². The summed E-state index contributed by atoms with van der Waals surface area (Å²) in [6.45, 7) is 10.1. The van der Waals surface area contributed by atoms with E-state index < -0.39 is 27.4 Å². The first-order chi connectivity index (χ1) is 12.0. The molecule has 1 aromatic rings. The molecule has 0 atom stereocenters. The van der Waals surface area contributed by atoms with E-state index in [9.17, 15) is 18.0 Å². The summed E-state index contributed by atoms with van der Waals surface area (Å²) in [4.78, 5) is 23.7. The van der Waals surface area contributed by atoms with Crippen molar-refractivity contribution in [3.8, 4) is 0 Å². The van der Waals surface area contributed by atoms with Crippen molar-refractivity contribution in [2.75, 3.05) is 19.6 Å². The number of hydrogen-bond donors (Lipinski definition) is 2. The molecule has 0 aliphatic carbocycles. The minimum atomic E-state index is -3.47. The third-order valence-electron chi connectivity index (χ3n) is 3.66. The van der Waals surface area contributed by atoms with Gasteiger partial charge in [0.2, 0.25) is 10.0 Å². The van der Waals surface area contributed by atoms with E-state index in [4.69, 9.17) is 0 Å². The number of nitrogens with one attached hydrogen (secondary N) is 2. The Balaban J connectivity index is 2.61. The zero-order valence-corrected chi connectivity index (χ0v) is 16.9. The molecule has 1 aromatic carbocycles. The zero-order chi connectivity index (χ0) is 20.0. The van der Waals surface area contributed by atoms with Gasteiger partial charge in [-0.05, 0) is 44.9 Å². The standard InChI is InChI=1S/C18H29N3O4S/c1-6-21(7-2)26(24,25)15-10-8-14(9-11-15)12-13-19-16(22)17(23)20-18(3,4)5/h8-11H,6-7,12-13H2,1-5H3,(H,19,22)(H,20,23). The van der Waals surface area contributed by atoms with Gasteiger partial charge in [0.1, 0.15) is 0 Å². The van der Waals surface area contributed by atoms with Crippen molar-refractivity contribution in [3.63, 3.8) is 0 Å². The largest absolute Gasteiger partial charge is 0.348 e. The number of nitrogens with zero attached hydrogens (tertiary/aromatic N) is 1. The maximum atomic E-state index is 12.4. The van der Waals surface area contributed by atoms with Gasteiger partial charge in [0, 0.05) is 25.2 Å². The van der Waals surface area contributed by atoms with Gasteiger partial charge in [0.05, 0.1) is 4.90 Å². The molecule has 2 amide bonds. The predicted molar refractivity (Wildman–Crippen MR) is 101 cm³/mol. The molecule has 1 rings (SSSR count). The van der Waals surface area contributed by atoms with Gasteiger partial charge in [-0.25, -0.2) is 8.42 Å². The number of carbonyl (C=O) groups is 2. The second-order valence-electron chi connectivity index (χ2n) is 6.94. The van der Waals surface area contributed by atoms with Crippen molar-refractivity contribution in [1.29, 1.82) is 0 Å². The topological polar surface area (TPSA) is 95.6 Å². The van der Waals surface area contributed by atoms with Crippen LogP contribution in [0.5, 0.6) is 0 Å². The highest BCUT2D eigenvalue weighted by atomic mass is 32.2. The summed E-state index contributed by atoms with van der Waals surface area (Å²) in [6, 6.07) is 6.57. The van der Waals surface area contributed by atoms with Gasteiger partial charge in [-0.15, -0.1) is 0 Å². The molecule has 0 aliphatic heterocycles. The molecule has 0 saturated heterocycles. The lowest BCUT2D eigenvalue weighted by atomic mass is 10.1. The molecule has 0 bridgehead atoms. The molecular weight excluding hydrogens is 354 g/mol. The van der Waals surface area contributed by atoms with Crippen LogP contribution < -0.4 is 10.6 Å². The summed E-state index contributed by atoms with van der Waals surface area (Å²) in [5, 5.41) is 5.15. The summed E-state index contributed by atoms with van der Waals surface area (Å²) in [7, 11) is -3.47. The summed E-state index contributed by atoms with van der Waals surface area (Å²) >= 11 is 0. The van der Waals surface area contributed by atoms with E-state index in [0.29, 0.717) is 26.1 Å². The van der Waals surface area contributed by atoms with Crippen LogP contribution >= 0.6 is 0 Å². The Morgan fingerprint density at radius 1 is 1.00 bits per heavy atom. The lowest BCUT2D eigenvalue weighted by Crippen LogP contribution is -2.48. The smallest absolute Gasteiger partial charge is 0.309 e. The van der Waals surface area contributed by atoms with E-state index in [1.165, 1.54) is 4.31 Å². The summed E-state index contributed by atoms with van der Waals surface area (Å²) in [5.41, 5.74) is 0.403. The second-order valence-corrected chi connectivity index (χ2v) is 8.88. The average molecular weight is 384 g/mol. The Morgan fingerprint density at radius 3 is 2.00 bits per heavy atom. The fraction of sp³-hybridized carbons (Fsp3) is 0.556. The van der Waals surface area contributed by atoms with Crippen LogP contribution in [0.4, 0.5) is 0 Å². The molecule has 0 saturated carbocycles. The number of amides is 2. The first kappa shape index (κ1) is 22.1. The Labute approximate surface area is 156 Å². The van der Waals surface area contributed by atoms with Gasteiger partial charge < -0.3 is 10.6 Å². The quantitative estimate of drug-likeness (QED) is 0.694. The Hall–Kier alpha value is -1.93. The molecule has 2 N–H and O–H groups in total. The number of sulfonamides is 1. The molecule has 0 aromatic heterocycles. The van der Waals surface area contributed by atoms with Crippen LogP contribution in [-0.2, 0) is 26.0 Å². The molecule has 146 valence electrons. The van der Waals surface area contributed by atoms with Crippen molar-refractivity contribution in [1.82, 2.24) is 14.9 Å². The summed E-state index contributed by atoms with van der Waals surface area (Å²) in [5.74, 6) is -1.35. The van der Waals surface area contributed by atoms with Crippen LogP contribution in [0.3, 0.4) is 0 Å². The highest BCUT2D eigenvalue weighted by Crippen LogP contribution is 2.16. The molecule has 8 heteroatoms. The first-order valence-electron chi connectivity index (χ1n) is 8.70. The first-order valence-corrected chi connectivity index (χ1v) is 10.1. The maximum absolute atomic E-state index is 12.4.